The third-order valence-corrected chi connectivity index (χ3v) is 2.62. The lowest BCUT2D eigenvalue weighted by molar-refractivity contribution is -0.137. The van der Waals surface area contributed by atoms with Crippen molar-refractivity contribution in [3.05, 3.63) is 0 Å². The van der Waals surface area contributed by atoms with Crippen LogP contribution in [0.2, 0.25) is 0 Å². The van der Waals surface area contributed by atoms with Crippen LogP contribution in [0, 0.1) is 0 Å². The van der Waals surface area contributed by atoms with Gasteiger partial charge in [-0.1, -0.05) is 0 Å². The van der Waals surface area contributed by atoms with Crippen LogP contribution in [0.5, 0.6) is 0 Å². The molecule has 0 aliphatic carbocycles. The number of morpholine rings is 1. The second kappa shape index (κ2) is 6.76. The van der Waals surface area contributed by atoms with Crippen molar-refractivity contribution in [2.75, 3.05) is 40.0 Å². The summed E-state index contributed by atoms with van der Waals surface area (Å²) in [5.74, 6) is -0.743. The van der Waals surface area contributed by atoms with E-state index in [0.29, 0.717) is 19.6 Å². The predicted octanol–water partition coefficient (Wildman–Crippen LogP) is 0.198. The maximum absolute atomic E-state index is 10.5. The van der Waals surface area contributed by atoms with Gasteiger partial charge in [-0.15, -0.1) is 0 Å². The van der Waals surface area contributed by atoms with Gasteiger partial charge in [0.25, 0.3) is 0 Å². The fourth-order valence-corrected chi connectivity index (χ4v) is 1.75. The van der Waals surface area contributed by atoms with Gasteiger partial charge in [-0.25, -0.2) is 0 Å². The quantitative estimate of drug-likeness (QED) is 0.688. The molecule has 0 aromatic rings. The van der Waals surface area contributed by atoms with Gasteiger partial charge in [0.2, 0.25) is 0 Å². The molecule has 1 fully saturated rings. The number of nitrogens with zero attached hydrogens (tertiary/aromatic N) is 1. The first-order valence-electron chi connectivity index (χ1n) is 5.26. The second-order valence-electron chi connectivity index (χ2n) is 3.69. The van der Waals surface area contributed by atoms with Crippen molar-refractivity contribution in [3.8, 4) is 0 Å². The Morgan fingerprint density at radius 3 is 3.13 bits per heavy atom. The first kappa shape index (κ1) is 12.4. The third kappa shape index (κ3) is 4.59. The zero-order chi connectivity index (χ0) is 11.1. The van der Waals surface area contributed by atoms with Gasteiger partial charge >= 0.3 is 5.97 Å². The molecule has 1 atom stereocenters. The zero-order valence-electron chi connectivity index (χ0n) is 9.15. The Kier molecular flexibility index (Phi) is 5.60. The van der Waals surface area contributed by atoms with Crippen molar-refractivity contribution in [1.29, 1.82) is 0 Å². The standard InChI is InChI=1S/C10H19NO4/c1-14-6-4-11-5-7-15-8-9(11)2-3-10(12)13/h9H,2-8H2,1H3,(H,12,13). The topological polar surface area (TPSA) is 59.0 Å². The van der Waals surface area contributed by atoms with Crippen LogP contribution in [0.25, 0.3) is 0 Å². The lowest BCUT2D eigenvalue weighted by Gasteiger charge is -2.35. The third-order valence-electron chi connectivity index (χ3n) is 2.62. The van der Waals surface area contributed by atoms with Gasteiger partial charge in [0.15, 0.2) is 0 Å². The summed E-state index contributed by atoms with van der Waals surface area (Å²) in [6, 6.07) is 0.227. The number of carboxylic acids is 1. The molecule has 5 nitrogen and oxygen atoms in total. The molecule has 88 valence electrons. The van der Waals surface area contributed by atoms with E-state index in [9.17, 15) is 4.79 Å². The van der Waals surface area contributed by atoms with Crippen molar-refractivity contribution in [2.45, 2.75) is 18.9 Å². The lowest BCUT2D eigenvalue weighted by Crippen LogP contribution is -2.46. The van der Waals surface area contributed by atoms with E-state index in [-0.39, 0.29) is 12.5 Å². The van der Waals surface area contributed by atoms with Crippen LogP contribution in [0.15, 0.2) is 0 Å². The number of aliphatic carboxylic acids is 1. The van der Waals surface area contributed by atoms with Crippen molar-refractivity contribution >= 4 is 5.97 Å². The maximum atomic E-state index is 10.5. The molecule has 0 aromatic heterocycles. The Balaban J connectivity index is 2.32. The van der Waals surface area contributed by atoms with Gasteiger partial charge in [-0.05, 0) is 6.42 Å². The fourth-order valence-electron chi connectivity index (χ4n) is 1.75. The van der Waals surface area contributed by atoms with E-state index in [4.69, 9.17) is 14.6 Å². The number of carboxylic acid groups (broad SMARTS) is 1. The molecular formula is C10H19NO4. The minimum absolute atomic E-state index is 0.206. The van der Waals surface area contributed by atoms with Gasteiger partial charge in [0, 0.05) is 32.7 Å². The number of rotatable bonds is 6. The normalized spacial score (nSPS) is 22.9. The summed E-state index contributed by atoms with van der Waals surface area (Å²) in [6.45, 7) is 3.77. The number of methoxy groups -OCH3 is 1. The van der Waals surface area contributed by atoms with Crippen LogP contribution in [-0.4, -0.2) is 62.0 Å². The average molecular weight is 217 g/mol. The molecule has 1 heterocycles. The number of hydrogen-bond acceptors (Lipinski definition) is 4. The molecular weight excluding hydrogens is 198 g/mol. The number of carbonyl (C=O) groups is 1. The van der Waals surface area contributed by atoms with Crippen LogP contribution in [-0.2, 0) is 14.3 Å². The minimum Gasteiger partial charge on any atom is -0.481 e. The average Bonchev–Trinajstić information content (AvgIpc) is 2.24. The van der Waals surface area contributed by atoms with Gasteiger partial charge in [-0.2, -0.15) is 0 Å². The molecule has 1 aliphatic rings. The van der Waals surface area contributed by atoms with Crippen molar-refractivity contribution in [2.24, 2.45) is 0 Å². The summed E-state index contributed by atoms with van der Waals surface area (Å²) in [4.78, 5) is 12.7. The summed E-state index contributed by atoms with van der Waals surface area (Å²) in [5, 5.41) is 8.62. The maximum Gasteiger partial charge on any atom is 0.303 e. The van der Waals surface area contributed by atoms with Crippen LogP contribution in [0.1, 0.15) is 12.8 Å². The molecule has 1 aliphatic heterocycles. The van der Waals surface area contributed by atoms with E-state index >= 15 is 0 Å². The molecule has 0 saturated carbocycles. The van der Waals surface area contributed by atoms with Crippen LogP contribution < -0.4 is 0 Å². The molecule has 0 spiro atoms. The molecule has 0 amide bonds. The molecule has 5 heteroatoms. The van der Waals surface area contributed by atoms with E-state index in [0.717, 1.165) is 19.7 Å². The number of ether oxygens (including phenoxy) is 2. The van der Waals surface area contributed by atoms with E-state index < -0.39 is 5.97 Å². The summed E-state index contributed by atoms with van der Waals surface area (Å²) in [6.07, 6.45) is 0.858. The van der Waals surface area contributed by atoms with E-state index in [2.05, 4.69) is 4.90 Å². The van der Waals surface area contributed by atoms with E-state index in [1.54, 1.807) is 7.11 Å². The SMILES string of the molecule is COCCN1CCOCC1CCC(=O)O. The van der Waals surface area contributed by atoms with Gasteiger partial charge in [0.05, 0.1) is 19.8 Å². The first-order valence-corrected chi connectivity index (χ1v) is 5.26. The molecule has 1 rings (SSSR count). The van der Waals surface area contributed by atoms with Crippen molar-refractivity contribution < 1.29 is 19.4 Å². The largest absolute Gasteiger partial charge is 0.481 e. The molecule has 0 bridgehead atoms. The van der Waals surface area contributed by atoms with Gasteiger partial charge in [-0.3, -0.25) is 9.69 Å². The van der Waals surface area contributed by atoms with Crippen molar-refractivity contribution in [1.82, 2.24) is 4.90 Å². The Labute approximate surface area is 90.0 Å². The highest BCUT2D eigenvalue weighted by molar-refractivity contribution is 5.66. The predicted molar refractivity (Wildman–Crippen MR) is 54.9 cm³/mol. The summed E-state index contributed by atoms with van der Waals surface area (Å²) < 4.78 is 10.4. The van der Waals surface area contributed by atoms with Crippen LogP contribution in [0.4, 0.5) is 0 Å². The Bertz CT molecular complexity index is 198. The fraction of sp³-hybridized carbons (Fsp3) is 0.900. The zero-order valence-corrected chi connectivity index (χ0v) is 9.15. The Hall–Kier alpha value is -0.650. The second-order valence-corrected chi connectivity index (χ2v) is 3.69. The van der Waals surface area contributed by atoms with Crippen molar-refractivity contribution in [3.63, 3.8) is 0 Å². The van der Waals surface area contributed by atoms with Crippen LogP contribution in [0.3, 0.4) is 0 Å². The summed E-state index contributed by atoms with van der Waals surface area (Å²) >= 11 is 0. The minimum atomic E-state index is -0.743. The van der Waals surface area contributed by atoms with E-state index in [1.165, 1.54) is 0 Å². The molecule has 15 heavy (non-hydrogen) atoms. The first-order chi connectivity index (χ1) is 7.24. The lowest BCUT2D eigenvalue weighted by atomic mass is 10.1. The highest BCUT2D eigenvalue weighted by Gasteiger charge is 2.22. The molecule has 1 N–H and O–H groups in total. The van der Waals surface area contributed by atoms with Gasteiger partial charge < -0.3 is 14.6 Å². The van der Waals surface area contributed by atoms with Crippen LogP contribution >= 0.6 is 0 Å². The summed E-state index contributed by atoms with van der Waals surface area (Å²) in [5.41, 5.74) is 0. The Morgan fingerprint density at radius 1 is 1.67 bits per heavy atom. The molecule has 0 aromatic carbocycles. The number of hydrogen-bond donors (Lipinski definition) is 1. The van der Waals surface area contributed by atoms with Gasteiger partial charge in [0.1, 0.15) is 0 Å². The van der Waals surface area contributed by atoms with E-state index in [1.807, 2.05) is 0 Å². The smallest absolute Gasteiger partial charge is 0.303 e. The molecule has 1 saturated heterocycles. The highest BCUT2D eigenvalue weighted by atomic mass is 16.5. The summed E-state index contributed by atoms with van der Waals surface area (Å²) in [7, 11) is 1.67. The monoisotopic (exact) mass is 217 g/mol. The Morgan fingerprint density at radius 2 is 2.47 bits per heavy atom. The molecule has 1 unspecified atom stereocenters. The molecule has 0 radical (unpaired) electrons. The highest BCUT2D eigenvalue weighted by Crippen LogP contribution is 2.11.